The van der Waals surface area contributed by atoms with Gasteiger partial charge in [0.25, 0.3) is 0 Å². The number of halogens is 2. The summed E-state index contributed by atoms with van der Waals surface area (Å²) in [6.45, 7) is 2.03. The Balaban J connectivity index is 1.93. The smallest absolute Gasteiger partial charge is 0.235 e. The third-order valence-electron chi connectivity index (χ3n) is 4.69. The Hall–Kier alpha value is -2.80. The van der Waals surface area contributed by atoms with Gasteiger partial charge < -0.3 is 15.4 Å². The number of benzene rings is 2. The monoisotopic (exact) mass is 374 g/mol. The van der Waals surface area contributed by atoms with E-state index < -0.39 is 23.0 Å². The summed E-state index contributed by atoms with van der Waals surface area (Å²) in [5, 5.41) is 5.16. The molecule has 27 heavy (non-hydrogen) atoms. The van der Waals surface area contributed by atoms with Gasteiger partial charge in [0.2, 0.25) is 11.8 Å². The highest BCUT2D eigenvalue weighted by Crippen LogP contribution is 2.37. The summed E-state index contributed by atoms with van der Waals surface area (Å²) in [4.78, 5) is 24.3. The number of anilines is 2. The van der Waals surface area contributed by atoms with Crippen molar-refractivity contribution in [3.8, 4) is 0 Å². The first-order valence-electron chi connectivity index (χ1n) is 8.63. The Labute approximate surface area is 155 Å². The van der Waals surface area contributed by atoms with Crippen LogP contribution in [0.4, 0.5) is 20.2 Å². The molecule has 0 radical (unpaired) electrons. The third kappa shape index (κ3) is 4.14. The van der Waals surface area contributed by atoms with E-state index in [1.165, 1.54) is 37.3 Å². The fourth-order valence-corrected chi connectivity index (χ4v) is 3.30. The molecule has 0 saturated carbocycles. The summed E-state index contributed by atoms with van der Waals surface area (Å²) < 4.78 is 33.3. The lowest BCUT2D eigenvalue weighted by molar-refractivity contribution is -0.125. The van der Waals surface area contributed by atoms with Crippen molar-refractivity contribution in [3.63, 3.8) is 0 Å². The number of carbonyl (C=O) groups is 2. The molecule has 5 nitrogen and oxygen atoms in total. The van der Waals surface area contributed by atoms with Crippen LogP contribution in [0.5, 0.6) is 0 Å². The highest BCUT2D eigenvalue weighted by Gasteiger charge is 2.42. The number of rotatable bonds is 4. The van der Waals surface area contributed by atoms with Crippen LogP contribution in [-0.4, -0.2) is 25.0 Å². The van der Waals surface area contributed by atoms with Crippen LogP contribution in [0, 0.1) is 11.6 Å². The van der Waals surface area contributed by atoms with Gasteiger partial charge in [0.05, 0.1) is 11.1 Å². The van der Waals surface area contributed by atoms with Crippen LogP contribution in [-0.2, 0) is 19.7 Å². The lowest BCUT2D eigenvalue weighted by Crippen LogP contribution is -2.45. The van der Waals surface area contributed by atoms with Crippen molar-refractivity contribution in [2.24, 2.45) is 0 Å². The van der Waals surface area contributed by atoms with E-state index in [0.29, 0.717) is 37.3 Å². The second-order valence-electron chi connectivity index (χ2n) is 6.53. The molecule has 0 unspecified atom stereocenters. The Morgan fingerprint density at radius 3 is 2.44 bits per heavy atom. The van der Waals surface area contributed by atoms with Crippen LogP contribution < -0.4 is 10.6 Å². The fraction of sp³-hybridized carbons (Fsp3) is 0.300. The SMILES string of the molecule is CC(=O)Nc1ccc(F)c(NC(=O)C2(c3cccc(F)c3)CCOCC2)c1. The van der Waals surface area contributed by atoms with Gasteiger partial charge in [-0.15, -0.1) is 0 Å². The van der Waals surface area contributed by atoms with Gasteiger partial charge in [0, 0.05) is 25.8 Å². The molecule has 0 aromatic heterocycles. The van der Waals surface area contributed by atoms with Crippen molar-refractivity contribution in [2.75, 3.05) is 23.8 Å². The molecular formula is C20H20F2N2O3. The van der Waals surface area contributed by atoms with E-state index in [2.05, 4.69) is 10.6 Å². The highest BCUT2D eigenvalue weighted by atomic mass is 19.1. The summed E-state index contributed by atoms with van der Waals surface area (Å²) in [7, 11) is 0. The van der Waals surface area contributed by atoms with E-state index in [-0.39, 0.29) is 11.6 Å². The maximum absolute atomic E-state index is 14.2. The average molecular weight is 374 g/mol. The number of carbonyl (C=O) groups excluding carboxylic acids is 2. The van der Waals surface area contributed by atoms with E-state index >= 15 is 0 Å². The lowest BCUT2D eigenvalue weighted by Gasteiger charge is -2.36. The van der Waals surface area contributed by atoms with Gasteiger partial charge >= 0.3 is 0 Å². The first-order chi connectivity index (χ1) is 12.9. The molecule has 2 aromatic rings. The van der Waals surface area contributed by atoms with Gasteiger partial charge in [-0.2, -0.15) is 0 Å². The number of amides is 2. The predicted molar refractivity (Wildman–Crippen MR) is 97.5 cm³/mol. The molecule has 0 bridgehead atoms. The van der Waals surface area contributed by atoms with Crippen LogP contribution >= 0.6 is 0 Å². The molecule has 0 atom stereocenters. The van der Waals surface area contributed by atoms with Gasteiger partial charge in [0.1, 0.15) is 11.6 Å². The van der Waals surface area contributed by atoms with Gasteiger partial charge in [-0.25, -0.2) is 8.78 Å². The Morgan fingerprint density at radius 1 is 1.04 bits per heavy atom. The van der Waals surface area contributed by atoms with Gasteiger partial charge in [-0.3, -0.25) is 9.59 Å². The van der Waals surface area contributed by atoms with Gasteiger partial charge in [-0.1, -0.05) is 12.1 Å². The second kappa shape index (κ2) is 7.84. The van der Waals surface area contributed by atoms with Gasteiger partial charge in [0.15, 0.2) is 0 Å². The zero-order valence-corrected chi connectivity index (χ0v) is 14.9. The highest BCUT2D eigenvalue weighted by molar-refractivity contribution is 6.00. The molecule has 2 N–H and O–H groups in total. The molecule has 2 aromatic carbocycles. The summed E-state index contributed by atoms with van der Waals surface area (Å²) in [6.07, 6.45) is 0.713. The van der Waals surface area contributed by atoms with Crippen LogP contribution in [0.1, 0.15) is 25.3 Å². The standard InChI is InChI=1S/C20H20F2N2O3/c1-13(25)23-16-5-6-17(22)18(12-16)24-19(26)20(7-9-27-10-8-20)14-3-2-4-15(21)11-14/h2-6,11-12H,7-10H2,1H3,(H,23,25)(H,24,26). The van der Waals surface area contributed by atoms with Crippen LogP contribution in [0.15, 0.2) is 42.5 Å². The Bertz CT molecular complexity index is 864. The zero-order valence-electron chi connectivity index (χ0n) is 14.9. The first kappa shape index (κ1) is 19.0. The maximum atomic E-state index is 14.2. The summed E-state index contributed by atoms with van der Waals surface area (Å²) in [5.41, 5.74) is -0.169. The minimum atomic E-state index is -1.02. The van der Waals surface area contributed by atoms with Crippen LogP contribution in [0.2, 0.25) is 0 Å². The predicted octanol–water partition coefficient (Wildman–Crippen LogP) is 3.61. The second-order valence-corrected chi connectivity index (χ2v) is 6.53. The molecule has 1 aliphatic rings. The molecule has 1 saturated heterocycles. The summed E-state index contributed by atoms with van der Waals surface area (Å²) in [5.74, 6) is -1.81. The number of hydrogen-bond donors (Lipinski definition) is 2. The Kier molecular flexibility index (Phi) is 5.51. The lowest BCUT2D eigenvalue weighted by atomic mass is 9.73. The molecule has 1 aliphatic heterocycles. The van der Waals surface area contributed by atoms with E-state index in [1.807, 2.05) is 0 Å². The summed E-state index contributed by atoms with van der Waals surface area (Å²) in [6, 6.07) is 9.81. The third-order valence-corrected chi connectivity index (χ3v) is 4.69. The van der Waals surface area contributed by atoms with E-state index in [0.717, 1.165) is 0 Å². The molecule has 3 rings (SSSR count). The van der Waals surface area contributed by atoms with Crippen LogP contribution in [0.25, 0.3) is 0 Å². The van der Waals surface area contributed by atoms with Crippen molar-refractivity contribution in [1.82, 2.24) is 0 Å². The van der Waals surface area contributed by atoms with Crippen molar-refractivity contribution in [3.05, 3.63) is 59.7 Å². The molecule has 2 amide bonds. The van der Waals surface area contributed by atoms with E-state index in [4.69, 9.17) is 4.74 Å². The van der Waals surface area contributed by atoms with Crippen molar-refractivity contribution in [1.29, 1.82) is 0 Å². The molecule has 1 fully saturated rings. The zero-order chi connectivity index (χ0) is 19.4. The molecule has 0 aliphatic carbocycles. The Morgan fingerprint density at radius 2 is 1.78 bits per heavy atom. The number of hydrogen-bond acceptors (Lipinski definition) is 3. The maximum Gasteiger partial charge on any atom is 0.235 e. The quantitative estimate of drug-likeness (QED) is 0.859. The fourth-order valence-electron chi connectivity index (χ4n) is 3.30. The topological polar surface area (TPSA) is 67.4 Å². The minimum Gasteiger partial charge on any atom is -0.381 e. The minimum absolute atomic E-state index is 0.0477. The number of nitrogens with one attached hydrogen (secondary N) is 2. The molecule has 0 spiro atoms. The summed E-state index contributed by atoms with van der Waals surface area (Å²) >= 11 is 0. The van der Waals surface area contributed by atoms with E-state index in [9.17, 15) is 18.4 Å². The average Bonchev–Trinajstić information content (AvgIpc) is 2.64. The largest absolute Gasteiger partial charge is 0.381 e. The van der Waals surface area contributed by atoms with Crippen molar-refractivity contribution < 1.29 is 23.1 Å². The molecule has 7 heteroatoms. The normalized spacial score (nSPS) is 15.8. The molecular weight excluding hydrogens is 354 g/mol. The van der Waals surface area contributed by atoms with Crippen molar-refractivity contribution in [2.45, 2.75) is 25.2 Å². The first-order valence-corrected chi connectivity index (χ1v) is 8.63. The van der Waals surface area contributed by atoms with E-state index in [1.54, 1.807) is 12.1 Å². The van der Waals surface area contributed by atoms with Crippen molar-refractivity contribution >= 4 is 23.2 Å². The van der Waals surface area contributed by atoms with Gasteiger partial charge in [-0.05, 0) is 48.7 Å². The molecule has 142 valence electrons. The van der Waals surface area contributed by atoms with Crippen LogP contribution in [0.3, 0.4) is 0 Å². The number of ether oxygens (including phenoxy) is 1. The molecule has 1 heterocycles.